The third kappa shape index (κ3) is 3.93. The number of benzene rings is 1. The van der Waals surface area contributed by atoms with E-state index in [1.54, 1.807) is 14.2 Å². The topological polar surface area (TPSA) is 38.8 Å². The predicted molar refractivity (Wildman–Crippen MR) is 87.4 cm³/mol. The van der Waals surface area contributed by atoms with E-state index in [9.17, 15) is 4.79 Å². The van der Waals surface area contributed by atoms with Gasteiger partial charge in [0.05, 0.1) is 20.6 Å². The first-order chi connectivity index (χ1) is 10.5. The molecule has 22 heavy (non-hydrogen) atoms. The van der Waals surface area contributed by atoms with Gasteiger partial charge in [0.2, 0.25) is 5.91 Å². The molecule has 0 bridgehead atoms. The molecule has 0 radical (unpaired) electrons. The van der Waals surface area contributed by atoms with Gasteiger partial charge in [0.15, 0.2) is 11.5 Å². The van der Waals surface area contributed by atoms with Crippen LogP contribution < -0.4 is 9.47 Å². The van der Waals surface area contributed by atoms with Crippen molar-refractivity contribution in [1.82, 2.24) is 4.90 Å². The van der Waals surface area contributed by atoms with E-state index in [4.69, 9.17) is 9.47 Å². The van der Waals surface area contributed by atoms with E-state index in [1.807, 2.05) is 23.1 Å². The Kier molecular flexibility index (Phi) is 5.69. The zero-order chi connectivity index (χ0) is 16.1. The second-order valence-corrected chi connectivity index (χ2v) is 6.35. The molecule has 0 unspecified atom stereocenters. The summed E-state index contributed by atoms with van der Waals surface area (Å²) in [6, 6.07) is 5.68. The highest BCUT2D eigenvalue weighted by atomic mass is 16.5. The average Bonchev–Trinajstić information content (AvgIpc) is 2.54. The summed E-state index contributed by atoms with van der Waals surface area (Å²) in [5.74, 6) is 2.83. The van der Waals surface area contributed by atoms with Crippen LogP contribution in [0.5, 0.6) is 11.5 Å². The molecule has 1 aromatic carbocycles. The summed E-state index contributed by atoms with van der Waals surface area (Å²) in [5.41, 5.74) is 0.967. The molecule has 1 heterocycles. The third-order valence-corrected chi connectivity index (χ3v) is 4.56. The van der Waals surface area contributed by atoms with E-state index in [0.29, 0.717) is 29.8 Å². The molecule has 0 N–H and O–H groups in total. The fraction of sp³-hybridized carbons (Fsp3) is 0.611. The number of nitrogens with zero attached hydrogens (tertiary/aromatic N) is 1. The van der Waals surface area contributed by atoms with Gasteiger partial charge in [0.25, 0.3) is 0 Å². The van der Waals surface area contributed by atoms with Gasteiger partial charge in [-0.3, -0.25) is 4.79 Å². The van der Waals surface area contributed by atoms with Crippen LogP contribution in [0.2, 0.25) is 0 Å². The van der Waals surface area contributed by atoms with E-state index in [1.165, 1.54) is 6.42 Å². The first kappa shape index (κ1) is 16.7. The van der Waals surface area contributed by atoms with Gasteiger partial charge in [-0.15, -0.1) is 0 Å². The maximum atomic E-state index is 12.5. The van der Waals surface area contributed by atoms with E-state index >= 15 is 0 Å². The predicted octanol–water partition coefficient (Wildman–Crippen LogP) is 3.14. The molecule has 2 rings (SSSR count). The van der Waals surface area contributed by atoms with Gasteiger partial charge in [0, 0.05) is 13.1 Å². The molecule has 1 saturated heterocycles. The summed E-state index contributed by atoms with van der Waals surface area (Å²) < 4.78 is 10.5. The fourth-order valence-electron chi connectivity index (χ4n) is 3.06. The molecular formula is C18H27NO3. The van der Waals surface area contributed by atoms with E-state index < -0.39 is 0 Å². The number of hydrogen-bond donors (Lipinski definition) is 0. The zero-order valence-corrected chi connectivity index (χ0v) is 14.1. The van der Waals surface area contributed by atoms with Crippen molar-refractivity contribution in [3.05, 3.63) is 23.8 Å². The van der Waals surface area contributed by atoms with Crippen LogP contribution in [0.15, 0.2) is 18.2 Å². The third-order valence-electron chi connectivity index (χ3n) is 4.56. The second kappa shape index (κ2) is 7.52. The van der Waals surface area contributed by atoms with Gasteiger partial charge in [-0.25, -0.2) is 0 Å². The van der Waals surface area contributed by atoms with E-state index in [0.717, 1.165) is 25.1 Å². The molecular weight excluding hydrogens is 278 g/mol. The largest absolute Gasteiger partial charge is 0.493 e. The molecule has 1 atom stereocenters. The lowest BCUT2D eigenvalue weighted by molar-refractivity contribution is -0.132. The number of carbonyl (C=O) groups is 1. The maximum Gasteiger partial charge on any atom is 0.227 e. The van der Waals surface area contributed by atoms with Crippen molar-refractivity contribution >= 4 is 5.91 Å². The van der Waals surface area contributed by atoms with Crippen molar-refractivity contribution < 1.29 is 14.3 Å². The lowest BCUT2D eigenvalue weighted by Gasteiger charge is -2.35. The maximum absolute atomic E-state index is 12.5. The first-order valence-electron chi connectivity index (χ1n) is 8.03. The SMILES string of the molecule is COc1ccc(CC(=O)N2CCC[C@H](C(C)C)C2)cc1OC. The summed E-state index contributed by atoms with van der Waals surface area (Å²) in [6.07, 6.45) is 2.77. The Hall–Kier alpha value is -1.71. The Morgan fingerprint density at radius 3 is 2.64 bits per heavy atom. The lowest BCUT2D eigenvalue weighted by atomic mass is 9.88. The summed E-state index contributed by atoms with van der Waals surface area (Å²) in [6.45, 7) is 6.26. The van der Waals surface area contributed by atoms with Crippen molar-refractivity contribution in [2.75, 3.05) is 27.3 Å². The average molecular weight is 305 g/mol. The highest BCUT2D eigenvalue weighted by molar-refractivity contribution is 5.79. The monoisotopic (exact) mass is 305 g/mol. The van der Waals surface area contributed by atoms with Crippen LogP contribution in [0, 0.1) is 11.8 Å². The van der Waals surface area contributed by atoms with Gasteiger partial charge >= 0.3 is 0 Å². The Morgan fingerprint density at radius 2 is 2.00 bits per heavy atom. The summed E-state index contributed by atoms with van der Waals surface area (Å²) in [7, 11) is 3.23. The van der Waals surface area contributed by atoms with Gasteiger partial charge in [-0.1, -0.05) is 19.9 Å². The molecule has 4 heteroatoms. The van der Waals surface area contributed by atoms with Crippen LogP contribution >= 0.6 is 0 Å². The number of likely N-dealkylation sites (tertiary alicyclic amines) is 1. The Labute approximate surface area is 133 Å². The Balaban J connectivity index is 2.02. The number of carbonyl (C=O) groups excluding carboxylic acids is 1. The molecule has 122 valence electrons. The normalized spacial score (nSPS) is 18.4. The van der Waals surface area contributed by atoms with Crippen molar-refractivity contribution in [3.8, 4) is 11.5 Å². The molecule has 0 aromatic heterocycles. The minimum Gasteiger partial charge on any atom is -0.493 e. The number of amides is 1. The Bertz CT molecular complexity index is 513. The van der Waals surface area contributed by atoms with Gasteiger partial charge < -0.3 is 14.4 Å². The van der Waals surface area contributed by atoms with Crippen molar-refractivity contribution in [3.63, 3.8) is 0 Å². The smallest absolute Gasteiger partial charge is 0.227 e. The van der Waals surface area contributed by atoms with Crippen LogP contribution in [0.3, 0.4) is 0 Å². The molecule has 1 aromatic rings. The Morgan fingerprint density at radius 1 is 1.27 bits per heavy atom. The molecule has 1 aliphatic rings. The van der Waals surface area contributed by atoms with E-state index in [-0.39, 0.29) is 5.91 Å². The van der Waals surface area contributed by atoms with Crippen molar-refractivity contribution in [2.45, 2.75) is 33.1 Å². The highest BCUT2D eigenvalue weighted by Crippen LogP contribution is 2.28. The number of rotatable bonds is 5. The first-order valence-corrected chi connectivity index (χ1v) is 8.03. The molecule has 1 amide bonds. The van der Waals surface area contributed by atoms with Gasteiger partial charge in [-0.2, -0.15) is 0 Å². The van der Waals surface area contributed by atoms with Crippen LogP contribution in [0.4, 0.5) is 0 Å². The van der Waals surface area contributed by atoms with Crippen molar-refractivity contribution in [2.24, 2.45) is 11.8 Å². The zero-order valence-electron chi connectivity index (χ0n) is 14.1. The number of hydrogen-bond acceptors (Lipinski definition) is 3. The van der Waals surface area contributed by atoms with Gasteiger partial charge in [-0.05, 0) is 42.4 Å². The molecule has 0 saturated carbocycles. The lowest BCUT2D eigenvalue weighted by Crippen LogP contribution is -2.42. The molecule has 4 nitrogen and oxygen atoms in total. The summed E-state index contributed by atoms with van der Waals surface area (Å²) in [4.78, 5) is 14.6. The van der Waals surface area contributed by atoms with Gasteiger partial charge in [0.1, 0.15) is 0 Å². The molecule has 0 spiro atoms. The molecule has 0 aliphatic carbocycles. The molecule has 1 fully saturated rings. The van der Waals surface area contributed by atoms with E-state index in [2.05, 4.69) is 13.8 Å². The fourth-order valence-corrected chi connectivity index (χ4v) is 3.06. The minimum absolute atomic E-state index is 0.206. The van der Waals surface area contributed by atoms with Crippen LogP contribution in [-0.2, 0) is 11.2 Å². The summed E-state index contributed by atoms with van der Waals surface area (Å²) in [5, 5.41) is 0. The van der Waals surface area contributed by atoms with Crippen LogP contribution in [0.1, 0.15) is 32.3 Å². The van der Waals surface area contributed by atoms with Crippen molar-refractivity contribution in [1.29, 1.82) is 0 Å². The van der Waals surface area contributed by atoms with Crippen LogP contribution in [0.25, 0.3) is 0 Å². The number of methoxy groups -OCH3 is 2. The quantitative estimate of drug-likeness (QED) is 0.839. The number of ether oxygens (including phenoxy) is 2. The minimum atomic E-state index is 0.206. The standard InChI is InChI=1S/C18H27NO3/c1-13(2)15-6-5-9-19(12-15)18(20)11-14-7-8-16(21-3)17(10-14)22-4/h7-8,10,13,15H,5-6,9,11-12H2,1-4H3/t15-/m0/s1. The second-order valence-electron chi connectivity index (χ2n) is 6.35. The van der Waals surface area contributed by atoms with Crippen LogP contribution in [-0.4, -0.2) is 38.1 Å². The number of piperidine rings is 1. The molecule has 1 aliphatic heterocycles. The summed E-state index contributed by atoms with van der Waals surface area (Å²) >= 11 is 0. The highest BCUT2D eigenvalue weighted by Gasteiger charge is 2.25.